The van der Waals surface area contributed by atoms with E-state index >= 15 is 0 Å². The van der Waals surface area contributed by atoms with Crippen LogP contribution in [0.3, 0.4) is 0 Å². The second kappa shape index (κ2) is 6.48. The van der Waals surface area contributed by atoms with Crippen molar-refractivity contribution >= 4 is 22.9 Å². The van der Waals surface area contributed by atoms with Gasteiger partial charge in [-0.3, -0.25) is 4.40 Å². The zero-order valence-corrected chi connectivity index (χ0v) is 16.0. The van der Waals surface area contributed by atoms with Crippen LogP contribution in [0.5, 0.6) is 0 Å². The molecule has 0 saturated heterocycles. The van der Waals surface area contributed by atoms with Gasteiger partial charge in [-0.25, -0.2) is 4.39 Å². The summed E-state index contributed by atoms with van der Waals surface area (Å²) in [5.74, 6) is 2.57. The fraction of sp³-hybridized carbons (Fsp3) is 0.429. The molecule has 2 aliphatic carbocycles. The third kappa shape index (κ3) is 3.29. The molecule has 2 saturated carbocycles. The first-order valence-corrected chi connectivity index (χ1v) is 10.0. The second-order valence-electron chi connectivity index (χ2n) is 7.99. The number of pyridine rings is 1. The Morgan fingerprint density at radius 3 is 2.74 bits per heavy atom. The van der Waals surface area contributed by atoms with E-state index in [1.807, 2.05) is 28.8 Å². The highest BCUT2D eigenvalue weighted by molar-refractivity contribution is 6.36. The Balaban J connectivity index is 1.31. The topological polar surface area (TPSA) is 42.2 Å². The van der Waals surface area contributed by atoms with Crippen LogP contribution in [0.15, 0.2) is 36.5 Å². The summed E-state index contributed by atoms with van der Waals surface area (Å²) in [6, 6.07) is 9.15. The quantitative estimate of drug-likeness (QED) is 0.644. The predicted molar refractivity (Wildman–Crippen MR) is 105 cm³/mol. The van der Waals surface area contributed by atoms with Crippen LogP contribution in [0, 0.1) is 17.7 Å². The summed E-state index contributed by atoms with van der Waals surface area (Å²) in [6.45, 7) is 2.18. The van der Waals surface area contributed by atoms with Crippen LogP contribution in [0.2, 0.25) is 5.02 Å². The maximum Gasteiger partial charge on any atom is 0.181 e. The zero-order chi connectivity index (χ0) is 18.5. The van der Waals surface area contributed by atoms with E-state index in [0.29, 0.717) is 16.9 Å². The van der Waals surface area contributed by atoms with Crippen LogP contribution >= 0.6 is 11.6 Å². The molecule has 4 nitrogen and oxygen atoms in total. The number of nitrogens with one attached hydrogen (secondary N) is 1. The molecule has 2 aliphatic rings. The van der Waals surface area contributed by atoms with Gasteiger partial charge in [-0.05, 0) is 67.7 Å². The van der Waals surface area contributed by atoms with Gasteiger partial charge in [0.25, 0.3) is 0 Å². The lowest BCUT2D eigenvalue weighted by Gasteiger charge is -2.17. The van der Waals surface area contributed by atoms with E-state index in [9.17, 15) is 4.39 Å². The first-order chi connectivity index (χ1) is 13.1. The number of fused-ring (bicyclic) bond motifs is 1. The van der Waals surface area contributed by atoms with Crippen molar-refractivity contribution in [1.82, 2.24) is 14.6 Å². The molecular weight excluding hydrogens is 363 g/mol. The summed E-state index contributed by atoms with van der Waals surface area (Å²) in [7, 11) is 0. The van der Waals surface area contributed by atoms with Crippen LogP contribution in [0.1, 0.15) is 43.5 Å². The summed E-state index contributed by atoms with van der Waals surface area (Å²) in [6.07, 6.45) is 6.67. The fourth-order valence-electron chi connectivity index (χ4n) is 4.02. The molecule has 3 atom stereocenters. The number of halogens is 2. The molecule has 3 aromatic rings. The van der Waals surface area contributed by atoms with E-state index in [1.54, 1.807) is 0 Å². The molecule has 1 unspecified atom stereocenters. The number of hydrogen-bond acceptors (Lipinski definition) is 3. The van der Waals surface area contributed by atoms with Crippen molar-refractivity contribution in [3.05, 3.63) is 58.8 Å². The second-order valence-corrected chi connectivity index (χ2v) is 8.37. The molecule has 2 heterocycles. The van der Waals surface area contributed by atoms with E-state index in [4.69, 9.17) is 11.6 Å². The minimum atomic E-state index is -0.184. The number of hydrogen-bond donors (Lipinski definition) is 1. The largest absolute Gasteiger partial charge is 0.381 e. The number of rotatable bonds is 6. The predicted octanol–water partition coefficient (Wildman–Crippen LogP) is 5.08. The monoisotopic (exact) mass is 384 g/mol. The van der Waals surface area contributed by atoms with Crippen molar-refractivity contribution in [2.45, 2.75) is 44.6 Å². The van der Waals surface area contributed by atoms with Gasteiger partial charge < -0.3 is 5.32 Å². The van der Waals surface area contributed by atoms with E-state index in [1.165, 1.54) is 30.5 Å². The van der Waals surface area contributed by atoms with Crippen LogP contribution in [-0.2, 0) is 6.42 Å². The first-order valence-electron chi connectivity index (χ1n) is 9.64. The zero-order valence-electron chi connectivity index (χ0n) is 15.2. The number of benzene rings is 1. The Hall–Kier alpha value is -2.14. The molecule has 27 heavy (non-hydrogen) atoms. The van der Waals surface area contributed by atoms with Gasteiger partial charge in [0, 0.05) is 18.7 Å². The molecule has 140 valence electrons. The Kier molecular flexibility index (Phi) is 4.08. The Labute approximate surface area is 162 Å². The Morgan fingerprint density at radius 1 is 1.22 bits per heavy atom. The van der Waals surface area contributed by atoms with Gasteiger partial charge in [-0.15, -0.1) is 10.2 Å². The first kappa shape index (κ1) is 17.0. The normalized spacial score (nSPS) is 22.8. The molecule has 1 aromatic carbocycles. The molecule has 6 heteroatoms. The van der Waals surface area contributed by atoms with Gasteiger partial charge in [0.1, 0.15) is 16.7 Å². The van der Waals surface area contributed by atoms with E-state index in [0.717, 1.165) is 35.9 Å². The highest BCUT2D eigenvalue weighted by Crippen LogP contribution is 2.50. The van der Waals surface area contributed by atoms with Crippen LogP contribution in [0.25, 0.3) is 5.65 Å². The molecule has 2 fully saturated rings. The highest BCUT2D eigenvalue weighted by atomic mass is 35.5. The lowest BCUT2D eigenvalue weighted by Crippen LogP contribution is -2.19. The molecule has 2 aromatic heterocycles. The average Bonchev–Trinajstić information content (AvgIpc) is 3.57. The van der Waals surface area contributed by atoms with E-state index in [2.05, 4.69) is 22.4 Å². The van der Waals surface area contributed by atoms with Gasteiger partial charge in [0.05, 0.1) is 5.69 Å². The third-order valence-corrected chi connectivity index (χ3v) is 6.29. The molecule has 0 aliphatic heterocycles. The molecule has 5 rings (SSSR count). The summed E-state index contributed by atoms with van der Waals surface area (Å²) < 4.78 is 15.1. The molecular formula is C21H22ClFN4. The molecule has 1 N–H and O–H groups in total. The standard InChI is InChI=1S/C21H22ClFN4/c1-12(16-11-17(16)14-4-6-15(23)7-5-14)24-18-8-9-27-19(10-13-2-3-13)25-26-21(27)20(18)22/h4-9,12-13,16-17,24H,2-3,10-11H2,1H3/t12-,16?,17+/m1/s1. The van der Waals surface area contributed by atoms with Gasteiger partial charge in [0.2, 0.25) is 0 Å². The van der Waals surface area contributed by atoms with Crippen LogP contribution in [-0.4, -0.2) is 20.6 Å². The van der Waals surface area contributed by atoms with Crippen molar-refractivity contribution in [1.29, 1.82) is 0 Å². The van der Waals surface area contributed by atoms with Gasteiger partial charge in [-0.1, -0.05) is 23.7 Å². The lowest BCUT2D eigenvalue weighted by atomic mass is 10.1. The summed E-state index contributed by atoms with van der Waals surface area (Å²) >= 11 is 6.62. The van der Waals surface area contributed by atoms with Crippen molar-refractivity contribution in [3.8, 4) is 0 Å². The smallest absolute Gasteiger partial charge is 0.181 e. The Bertz CT molecular complexity index is 980. The lowest BCUT2D eigenvalue weighted by molar-refractivity contribution is 0.626. The molecule has 0 spiro atoms. The summed E-state index contributed by atoms with van der Waals surface area (Å²) in [5.41, 5.74) is 2.82. The Morgan fingerprint density at radius 2 is 2.00 bits per heavy atom. The third-order valence-electron chi connectivity index (χ3n) is 5.92. The van der Waals surface area contributed by atoms with Crippen molar-refractivity contribution < 1.29 is 4.39 Å². The van der Waals surface area contributed by atoms with Crippen LogP contribution in [0.4, 0.5) is 10.1 Å². The highest BCUT2D eigenvalue weighted by Gasteiger charge is 2.42. The SMILES string of the molecule is C[C@@H](Nc1ccn2c(CC3CC3)nnc2c1Cl)C1C[C@H]1c1ccc(F)cc1. The van der Waals surface area contributed by atoms with Crippen molar-refractivity contribution in [3.63, 3.8) is 0 Å². The summed E-state index contributed by atoms with van der Waals surface area (Å²) in [4.78, 5) is 0. The minimum Gasteiger partial charge on any atom is -0.381 e. The maximum absolute atomic E-state index is 13.1. The van der Waals surface area contributed by atoms with Crippen LogP contribution < -0.4 is 5.32 Å². The van der Waals surface area contributed by atoms with Gasteiger partial charge in [0.15, 0.2) is 5.65 Å². The summed E-state index contributed by atoms with van der Waals surface area (Å²) in [5, 5.41) is 12.8. The van der Waals surface area contributed by atoms with Crippen molar-refractivity contribution in [2.75, 3.05) is 5.32 Å². The fourth-order valence-corrected chi connectivity index (χ4v) is 4.26. The average molecular weight is 385 g/mol. The van der Waals surface area contributed by atoms with Gasteiger partial charge in [-0.2, -0.15) is 0 Å². The molecule has 0 bridgehead atoms. The minimum absolute atomic E-state index is 0.184. The van der Waals surface area contributed by atoms with Crippen molar-refractivity contribution in [2.24, 2.45) is 11.8 Å². The number of nitrogens with zero attached hydrogens (tertiary/aromatic N) is 3. The van der Waals surface area contributed by atoms with Gasteiger partial charge >= 0.3 is 0 Å². The van der Waals surface area contributed by atoms with E-state index in [-0.39, 0.29) is 11.9 Å². The number of anilines is 1. The molecule has 0 amide bonds. The number of aromatic nitrogens is 3. The van der Waals surface area contributed by atoms with E-state index < -0.39 is 0 Å². The maximum atomic E-state index is 13.1. The molecule has 0 radical (unpaired) electrons.